The zero-order chi connectivity index (χ0) is 20.9. The van der Waals surface area contributed by atoms with Gasteiger partial charge in [0, 0.05) is 43.3 Å². The Morgan fingerprint density at radius 1 is 1.03 bits per heavy atom. The van der Waals surface area contributed by atoms with Crippen LogP contribution >= 0.6 is 0 Å². The maximum atomic E-state index is 12.5. The van der Waals surface area contributed by atoms with Crippen LogP contribution in [0.4, 0.5) is 5.95 Å². The number of carbonyl (C=O) groups excluding carboxylic acids is 1. The SMILES string of the molecule is Cc1ccc(CNC(=O)c2cc(-c3cnc(NCc4ccccc4)nc3)cn2C)o1. The van der Waals surface area contributed by atoms with Crippen molar-refractivity contribution in [3.05, 3.63) is 89.9 Å². The van der Waals surface area contributed by atoms with Crippen LogP contribution in [0.5, 0.6) is 0 Å². The average molecular weight is 401 g/mol. The van der Waals surface area contributed by atoms with E-state index in [-0.39, 0.29) is 5.91 Å². The molecule has 0 aliphatic carbocycles. The van der Waals surface area contributed by atoms with Gasteiger partial charge in [0.05, 0.1) is 6.54 Å². The molecular weight excluding hydrogens is 378 g/mol. The number of nitrogens with one attached hydrogen (secondary N) is 2. The Hall–Kier alpha value is -3.87. The van der Waals surface area contributed by atoms with Crippen molar-refractivity contribution in [3.63, 3.8) is 0 Å². The Balaban J connectivity index is 1.40. The molecule has 1 aromatic carbocycles. The van der Waals surface area contributed by atoms with E-state index in [9.17, 15) is 4.79 Å². The Morgan fingerprint density at radius 3 is 2.50 bits per heavy atom. The molecule has 0 bridgehead atoms. The Bertz CT molecular complexity index is 1130. The number of carbonyl (C=O) groups is 1. The van der Waals surface area contributed by atoms with E-state index in [1.165, 1.54) is 0 Å². The molecule has 0 atom stereocenters. The van der Waals surface area contributed by atoms with E-state index in [1.54, 1.807) is 17.0 Å². The maximum Gasteiger partial charge on any atom is 0.268 e. The molecule has 7 nitrogen and oxygen atoms in total. The molecule has 4 aromatic rings. The summed E-state index contributed by atoms with van der Waals surface area (Å²) in [7, 11) is 1.84. The molecule has 0 aliphatic heterocycles. The lowest BCUT2D eigenvalue weighted by molar-refractivity contribution is 0.0939. The molecule has 0 saturated heterocycles. The number of aryl methyl sites for hydroxylation is 2. The van der Waals surface area contributed by atoms with Gasteiger partial charge in [-0.15, -0.1) is 0 Å². The van der Waals surface area contributed by atoms with Gasteiger partial charge in [0.2, 0.25) is 5.95 Å². The lowest BCUT2D eigenvalue weighted by Gasteiger charge is -2.05. The first-order valence-electron chi connectivity index (χ1n) is 9.68. The molecule has 3 aromatic heterocycles. The Kier molecular flexibility index (Phi) is 5.61. The smallest absolute Gasteiger partial charge is 0.268 e. The van der Waals surface area contributed by atoms with E-state index in [1.807, 2.05) is 68.7 Å². The minimum Gasteiger partial charge on any atom is -0.465 e. The third-order valence-electron chi connectivity index (χ3n) is 4.74. The summed E-state index contributed by atoms with van der Waals surface area (Å²) >= 11 is 0. The molecule has 7 heteroatoms. The maximum absolute atomic E-state index is 12.5. The average Bonchev–Trinajstić information content (AvgIpc) is 3.37. The first kappa shape index (κ1) is 19.4. The fourth-order valence-corrected chi connectivity index (χ4v) is 3.13. The summed E-state index contributed by atoms with van der Waals surface area (Å²) in [6.07, 6.45) is 5.40. The van der Waals surface area contributed by atoms with Crippen molar-refractivity contribution in [2.24, 2.45) is 7.05 Å². The molecule has 0 radical (unpaired) electrons. The molecule has 0 saturated carbocycles. The fraction of sp³-hybridized carbons (Fsp3) is 0.174. The summed E-state index contributed by atoms with van der Waals surface area (Å²) in [6.45, 7) is 2.88. The van der Waals surface area contributed by atoms with E-state index in [0.29, 0.717) is 24.7 Å². The molecule has 3 heterocycles. The number of hydrogen-bond acceptors (Lipinski definition) is 5. The highest BCUT2D eigenvalue weighted by Crippen LogP contribution is 2.21. The van der Waals surface area contributed by atoms with Gasteiger partial charge in [-0.3, -0.25) is 4.79 Å². The molecule has 0 unspecified atom stereocenters. The normalized spacial score (nSPS) is 10.7. The van der Waals surface area contributed by atoms with Crippen LogP contribution in [0.2, 0.25) is 0 Å². The van der Waals surface area contributed by atoms with Gasteiger partial charge in [0.15, 0.2) is 0 Å². The molecule has 0 aliphatic rings. The van der Waals surface area contributed by atoms with Gasteiger partial charge in [-0.05, 0) is 30.7 Å². The van der Waals surface area contributed by atoms with E-state index in [2.05, 4.69) is 20.6 Å². The Labute approximate surface area is 174 Å². The van der Waals surface area contributed by atoms with Gasteiger partial charge < -0.3 is 19.6 Å². The molecule has 4 rings (SSSR count). The van der Waals surface area contributed by atoms with Crippen LogP contribution in [0, 0.1) is 6.92 Å². The van der Waals surface area contributed by atoms with Crippen LogP contribution in [0.3, 0.4) is 0 Å². The lowest BCUT2D eigenvalue weighted by Crippen LogP contribution is -2.24. The molecule has 0 fully saturated rings. The zero-order valence-corrected chi connectivity index (χ0v) is 16.9. The van der Waals surface area contributed by atoms with Crippen molar-refractivity contribution in [1.29, 1.82) is 0 Å². The van der Waals surface area contributed by atoms with Crippen LogP contribution in [0.15, 0.2) is 71.5 Å². The quantitative estimate of drug-likeness (QED) is 0.490. The van der Waals surface area contributed by atoms with Crippen molar-refractivity contribution in [1.82, 2.24) is 19.9 Å². The summed E-state index contributed by atoms with van der Waals surface area (Å²) in [5.74, 6) is 1.94. The van der Waals surface area contributed by atoms with Crippen LogP contribution in [0.1, 0.15) is 27.6 Å². The van der Waals surface area contributed by atoms with Crippen molar-refractivity contribution in [2.45, 2.75) is 20.0 Å². The van der Waals surface area contributed by atoms with Crippen molar-refractivity contribution in [2.75, 3.05) is 5.32 Å². The zero-order valence-electron chi connectivity index (χ0n) is 16.9. The number of aromatic nitrogens is 3. The van der Waals surface area contributed by atoms with Crippen molar-refractivity contribution < 1.29 is 9.21 Å². The number of furan rings is 1. The number of amides is 1. The van der Waals surface area contributed by atoms with E-state index in [4.69, 9.17) is 4.42 Å². The van der Waals surface area contributed by atoms with Gasteiger partial charge in [0.25, 0.3) is 5.91 Å². The monoisotopic (exact) mass is 401 g/mol. The second kappa shape index (κ2) is 8.65. The predicted octanol–water partition coefficient (Wildman–Crippen LogP) is 3.93. The summed E-state index contributed by atoms with van der Waals surface area (Å²) in [5.41, 5.74) is 3.44. The number of hydrogen-bond donors (Lipinski definition) is 2. The second-order valence-electron chi connectivity index (χ2n) is 7.05. The molecule has 152 valence electrons. The minimum atomic E-state index is -0.167. The second-order valence-corrected chi connectivity index (χ2v) is 7.05. The molecule has 0 spiro atoms. The predicted molar refractivity (Wildman–Crippen MR) is 115 cm³/mol. The van der Waals surface area contributed by atoms with Gasteiger partial charge in [-0.2, -0.15) is 0 Å². The van der Waals surface area contributed by atoms with Crippen LogP contribution in [-0.4, -0.2) is 20.4 Å². The van der Waals surface area contributed by atoms with E-state index < -0.39 is 0 Å². The van der Waals surface area contributed by atoms with E-state index in [0.717, 1.165) is 28.2 Å². The summed E-state index contributed by atoms with van der Waals surface area (Å²) in [4.78, 5) is 21.3. The van der Waals surface area contributed by atoms with Gasteiger partial charge in [-0.25, -0.2) is 9.97 Å². The van der Waals surface area contributed by atoms with Crippen LogP contribution in [-0.2, 0) is 20.1 Å². The molecular formula is C23H23N5O2. The molecule has 2 N–H and O–H groups in total. The fourth-order valence-electron chi connectivity index (χ4n) is 3.13. The van der Waals surface area contributed by atoms with Gasteiger partial charge >= 0.3 is 0 Å². The first-order chi connectivity index (χ1) is 14.6. The largest absolute Gasteiger partial charge is 0.465 e. The van der Waals surface area contributed by atoms with E-state index >= 15 is 0 Å². The van der Waals surface area contributed by atoms with Crippen molar-refractivity contribution >= 4 is 11.9 Å². The standard InChI is InChI=1S/C23H23N5O2/c1-16-8-9-20(30-16)14-24-22(29)21-10-18(15-28(21)2)19-12-26-23(27-13-19)25-11-17-6-4-3-5-7-17/h3-10,12-13,15H,11,14H2,1-2H3,(H,24,29)(H,25,26,27). The van der Waals surface area contributed by atoms with Gasteiger partial charge in [-0.1, -0.05) is 30.3 Å². The number of anilines is 1. The number of rotatable bonds is 7. The summed E-state index contributed by atoms with van der Waals surface area (Å²) in [5, 5.41) is 6.09. The molecule has 30 heavy (non-hydrogen) atoms. The number of nitrogens with zero attached hydrogens (tertiary/aromatic N) is 3. The number of benzene rings is 1. The first-order valence-corrected chi connectivity index (χ1v) is 9.68. The summed E-state index contributed by atoms with van der Waals surface area (Å²) in [6, 6.07) is 15.6. The molecule has 1 amide bonds. The third-order valence-corrected chi connectivity index (χ3v) is 4.74. The van der Waals surface area contributed by atoms with Crippen molar-refractivity contribution in [3.8, 4) is 11.1 Å². The third kappa shape index (κ3) is 4.57. The van der Waals surface area contributed by atoms with Crippen LogP contribution < -0.4 is 10.6 Å². The lowest BCUT2D eigenvalue weighted by atomic mass is 10.2. The highest BCUT2D eigenvalue weighted by atomic mass is 16.3. The minimum absolute atomic E-state index is 0.167. The highest BCUT2D eigenvalue weighted by Gasteiger charge is 2.14. The highest BCUT2D eigenvalue weighted by molar-refractivity contribution is 5.94. The van der Waals surface area contributed by atoms with Gasteiger partial charge in [0.1, 0.15) is 17.2 Å². The van der Waals surface area contributed by atoms with Crippen LogP contribution in [0.25, 0.3) is 11.1 Å². The summed E-state index contributed by atoms with van der Waals surface area (Å²) < 4.78 is 7.28. The Morgan fingerprint density at radius 2 is 1.80 bits per heavy atom. The topological polar surface area (TPSA) is 85.0 Å².